The van der Waals surface area contributed by atoms with Gasteiger partial charge in [0.05, 0.1) is 5.69 Å². The fourth-order valence-corrected chi connectivity index (χ4v) is 2.92. The number of piperidine rings is 1. The monoisotopic (exact) mass is 286 g/mol. The van der Waals surface area contributed by atoms with E-state index < -0.39 is 0 Å². The number of nitrogens with zero attached hydrogens (tertiary/aromatic N) is 1. The second-order valence-electron chi connectivity index (χ2n) is 5.57. The molecule has 1 aliphatic rings. The number of aromatic nitrogens is 1. The van der Waals surface area contributed by atoms with Gasteiger partial charge >= 0.3 is 0 Å². The summed E-state index contributed by atoms with van der Waals surface area (Å²) in [5.74, 6) is -0.318. The van der Waals surface area contributed by atoms with E-state index in [-0.39, 0.29) is 11.6 Å². The molecule has 2 aromatic rings. The number of carbonyl (C=O) groups excluding carboxylic acids is 1. The van der Waals surface area contributed by atoms with Crippen molar-refractivity contribution < 1.29 is 9.18 Å². The number of ketones is 1. The lowest BCUT2D eigenvalue weighted by Crippen LogP contribution is -2.30. The fourth-order valence-electron chi connectivity index (χ4n) is 2.92. The molecule has 3 nitrogen and oxygen atoms in total. The van der Waals surface area contributed by atoms with Gasteiger partial charge in [0.15, 0.2) is 0 Å². The van der Waals surface area contributed by atoms with E-state index in [0.717, 1.165) is 25.9 Å². The zero-order valence-electron chi connectivity index (χ0n) is 12.1. The molecule has 21 heavy (non-hydrogen) atoms. The van der Waals surface area contributed by atoms with Crippen LogP contribution in [0.3, 0.4) is 0 Å². The maximum atomic E-state index is 13.4. The van der Waals surface area contributed by atoms with Gasteiger partial charge in [-0.15, -0.1) is 0 Å². The topological polar surface area (TPSA) is 34.0 Å². The Morgan fingerprint density at radius 1 is 1.29 bits per heavy atom. The summed E-state index contributed by atoms with van der Waals surface area (Å²) in [7, 11) is 0. The molecule has 0 bridgehead atoms. The number of hydrogen-bond acceptors (Lipinski definition) is 2. The minimum absolute atomic E-state index is 0.0402. The van der Waals surface area contributed by atoms with Crippen molar-refractivity contribution in [3.63, 3.8) is 0 Å². The number of halogens is 1. The molecule has 4 heteroatoms. The molecule has 0 atom stereocenters. The Morgan fingerprint density at radius 2 is 2.05 bits per heavy atom. The maximum Gasteiger partial charge on any atom is 0.209 e. The summed E-state index contributed by atoms with van der Waals surface area (Å²) in [6.07, 6.45) is 4.02. The number of hydrogen-bond donors (Lipinski definition) is 1. The Kier molecular flexibility index (Phi) is 3.88. The summed E-state index contributed by atoms with van der Waals surface area (Å²) in [5.41, 5.74) is 1.73. The second-order valence-corrected chi connectivity index (χ2v) is 5.57. The van der Waals surface area contributed by atoms with Crippen molar-refractivity contribution in [2.45, 2.75) is 25.8 Å². The van der Waals surface area contributed by atoms with E-state index in [1.54, 1.807) is 19.1 Å². The number of nitrogens with one attached hydrogen (secondary N) is 1. The first-order chi connectivity index (χ1) is 10.2. The highest BCUT2D eigenvalue weighted by Gasteiger charge is 2.21. The summed E-state index contributed by atoms with van der Waals surface area (Å²) in [4.78, 5) is 12.7. The lowest BCUT2D eigenvalue weighted by molar-refractivity contribution is 0.102. The van der Waals surface area contributed by atoms with Gasteiger partial charge in [-0.05, 0) is 68.8 Å². The molecule has 1 fully saturated rings. The maximum absolute atomic E-state index is 13.4. The Labute approximate surface area is 123 Å². The van der Waals surface area contributed by atoms with Crippen molar-refractivity contribution in [1.29, 1.82) is 0 Å². The molecule has 0 saturated carbocycles. The average molecular weight is 286 g/mol. The molecule has 0 radical (unpaired) electrons. The number of rotatable bonds is 3. The SMILES string of the molecule is Cc1cc(C(=O)c2cccn2C2CCNCC2)ccc1F. The molecular weight excluding hydrogens is 267 g/mol. The Balaban J connectivity index is 1.91. The first-order valence-electron chi connectivity index (χ1n) is 7.35. The highest BCUT2D eigenvalue weighted by molar-refractivity contribution is 6.08. The van der Waals surface area contributed by atoms with E-state index in [4.69, 9.17) is 0 Å². The third-order valence-corrected chi connectivity index (χ3v) is 4.13. The zero-order chi connectivity index (χ0) is 14.8. The van der Waals surface area contributed by atoms with Crippen molar-refractivity contribution >= 4 is 5.78 Å². The van der Waals surface area contributed by atoms with E-state index in [2.05, 4.69) is 9.88 Å². The Bertz CT molecular complexity index is 657. The van der Waals surface area contributed by atoms with Crippen LogP contribution < -0.4 is 5.32 Å². The van der Waals surface area contributed by atoms with Gasteiger partial charge in [-0.25, -0.2) is 4.39 Å². The zero-order valence-corrected chi connectivity index (χ0v) is 12.1. The molecule has 0 unspecified atom stereocenters. The third kappa shape index (κ3) is 2.76. The molecule has 1 aromatic carbocycles. The lowest BCUT2D eigenvalue weighted by atomic mass is 10.0. The molecule has 1 aromatic heterocycles. The first-order valence-corrected chi connectivity index (χ1v) is 7.35. The van der Waals surface area contributed by atoms with Gasteiger partial charge in [0.2, 0.25) is 5.78 Å². The molecular formula is C17H19FN2O. The van der Waals surface area contributed by atoms with Crippen LogP contribution in [0.4, 0.5) is 4.39 Å². The summed E-state index contributed by atoms with van der Waals surface area (Å²) >= 11 is 0. The van der Waals surface area contributed by atoms with Gasteiger partial charge in [0.1, 0.15) is 5.82 Å². The van der Waals surface area contributed by atoms with Crippen LogP contribution in [0.25, 0.3) is 0 Å². The summed E-state index contributed by atoms with van der Waals surface area (Å²) in [5, 5.41) is 3.33. The van der Waals surface area contributed by atoms with Crippen LogP contribution in [0.5, 0.6) is 0 Å². The van der Waals surface area contributed by atoms with Crippen molar-refractivity contribution in [3.05, 3.63) is 59.2 Å². The Morgan fingerprint density at radius 3 is 2.76 bits per heavy atom. The average Bonchev–Trinajstić information content (AvgIpc) is 2.99. The van der Waals surface area contributed by atoms with Crippen LogP contribution in [0, 0.1) is 12.7 Å². The number of benzene rings is 1. The number of carbonyl (C=O) groups is 1. The molecule has 1 saturated heterocycles. The van der Waals surface area contributed by atoms with Crippen LogP contribution in [-0.4, -0.2) is 23.4 Å². The van der Waals surface area contributed by atoms with E-state index >= 15 is 0 Å². The highest BCUT2D eigenvalue weighted by atomic mass is 19.1. The Hall–Kier alpha value is -1.94. The smallest absolute Gasteiger partial charge is 0.209 e. The third-order valence-electron chi connectivity index (χ3n) is 4.13. The fraction of sp³-hybridized carbons (Fsp3) is 0.353. The summed E-state index contributed by atoms with van der Waals surface area (Å²) in [6, 6.07) is 8.67. The minimum atomic E-state index is -0.278. The second kappa shape index (κ2) is 5.82. The highest BCUT2D eigenvalue weighted by Crippen LogP contribution is 2.23. The van der Waals surface area contributed by atoms with Crippen LogP contribution in [0.15, 0.2) is 36.5 Å². The van der Waals surface area contributed by atoms with Gasteiger partial charge in [-0.2, -0.15) is 0 Å². The molecule has 0 spiro atoms. The van der Waals surface area contributed by atoms with E-state index in [1.165, 1.54) is 6.07 Å². The van der Waals surface area contributed by atoms with Gasteiger partial charge in [-0.3, -0.25) is 4.79 Å². The van der Waals surface area contributed by atoms with Gasteiger partial charge in [-0.1, -0.05) is 0 Å². The first kappa shape index (κ1) is 14.0. The lowest BCUT2D eigenvalue weighted by Gasteiger charge is -2.25. The van der Waals surface area contributed by atoms with Crippen molar-refractivity contribution in [1.82, 2.24) is 9.88 Å². The van der Waals surface area contributed by atoms with Crippen molar-refractivity contribution in [2.24, 2.45) is 0 Å². The molecule has 110 valence electrons. The quantitative estimate of drug-likeness (QED) is 0.880. The number of aryl methyl sites for hydroxylation is 1. The largest absolute Gasteiger partial charge is 0.342 e. The molecule has 1 aliphatic heterocycles. The van der Waals surface area contributed by atoms with E-state index in [9.17, 15) is 9.18 Å². The molecule has 0 amide bonds. The van der Waals surface area contributed by atoms with Gasteiger partial charge in [0, 0.05) is 17.8 Å². The van der Waals surface area contributed by atoms with Gasteiger partial charge < -0.3 is 9.88 Å². The predicted octanol–water partition coefficient (Wildman–Crippen LogP) is 3.09. The molecule has 1 N–H and O–H groups in total. The van der Waals surface area contributed by atoms with Crippen molar-refractivity contribution in [3.8, 4) is 0 Å². The predicted molar refractivity (Wildman–Crippen MR) is 80.1 cm³/mol. The summed E-state index contributed by atoms with van der Waals surface area (Å²) in [6.45, 7) is 3.64. The molecule has 3 rings (SSSR count). The molecule has 2 heterocycles. The van der Waals surface area contributed by atoms with E-state index in [1.807, 2.05) is 18.3 Å². The van der Waals surface area contributed by atoms with Crippen LogP contribution >= 0.6 is 0 Å². The molecule has 0 aliphatic carbocycles. The van der Waals surface area contributed by atoms with Crippen LogP contribution in [0.1, 0.15) is 40.5 Å². The van der Waals surface area contributed by atoms with Crippen LogP contribution in [-0.2, 0) is 0 Å². The minimum Gasteiger partial charge on any atom is -0.342 e. The normalized spacial score (nSPS) is 16.1. The van der Waals surface area contributed by atoms with E-state index in [0.29, 0.717) is 22.9 Å². The standard InChI is InChI=1S/C17H19FN2O/c1-12-11-13(4-5-15(12)18)17(21)16-3-2-10-20(16)14-6-8-19-9-7-14/h2-5,10-11,14,19H,6-9H2,1H3. The van der Waals surface area contributed by atoms with Gasteiger partial charge in [0.25, 0.3) is 0 Å². The van der Waals surface area contributed by atoms with Crippen LogP contribution in [0.2, 0.25) is 0 Å². The van der Waals surface area contributed by atoms with Crippen molar-refractivity contribution in [2.75, 3.05) is 13.1 Å². The summed E-state index contributed by atoms with van der Waals surface area (Å²) < 4.78 is 15.4.